The average Bonchev–Trinajstić information content (AvgIpc) is 2.74. The van der Waals surface area contributed by atoms with Crippen molar-refractivity contribution in [2.75, 3.05) is 0 Å². The normalized spacial score (nSPS) is 10.8. The van der Waals surface area contributed by atoms with Gasteiger partial charge in [-0.25, -0.2) is 9.97 Å². The van der Waals surface area contributed by atoms with Gasteiger partial charge in [-0.15, -0.1) is 0 Å². The standard InChI is InChI=1S/C22H18ClN3/c1-2-21-24-18-13-12-16(23)14-17(18)22(15-8-4-3-5-9-15)26-20-11-7-6-10-19(20)25-21/h3-14,26H,2H2,1H3. The van der Waals surface area contributed by atoms with Crippen molar-refractivity contribution in [3.05, 3.63) is 83.6 Å². The molecule has 0 radical (unpaired) electrons. The van der Waals surface area contributed by atoms with Crippen LogP contribution in [0.4, 0.5) is 0 Å². The van der Waals surface area contributed by atoms with Gasteiger partial charge in [0.15, 0.2) is 0 Å². The predicted octanol–water partition coefficient (Wildman–Crippen LogP) is 6.12. The molecule has 0 amide bonds. The summed E-state index contributed by atoms with van der Waals surface area (Å²) in [6.45, 7) is 2.06. The number of nitrogens with one attached hydrogen (secondary N) is 1. The van der Waals surface area contributed by atoms with Crippen molar-refractivity contribution in [1.29, 1.82) is 0 Å². The zero-order valence-corrected chi connectivity index (χ0v) is 15.2. The molecule has 3 aromatic carbocycles. The molecule has 1 heterocycles. The Hall–Kier alpha value is -2.91. The molecule has 0 aliphatic heterocycles. The number of aromatic amines is 1. The van der Waals surface area contributed by atoms with Crippen LogP contribution in [0.1, 0.15) is 12.7 Å². The number of hydrogen-bond donors (Lipinski definition) is 1. The van der Waals surface area contributed by atoms with Crippen molar-refractivity contribution in [3.63, 3.8) is 0 Å². The van der Waals surface area contributed by atoms with Crippen LogP contribution in [-0.2, 0) is 6.42 Å². The third-order valence-electron chi connectivity index (χ3n) is 4.27. The van der Waals surface area contributed by atoms with Crippen LogP contribution < -0.4 is 0 Å². The molecule has 0 spiro atoms. The second-order valence-electron chi connectivity index (χ2n) is 6.04. The zero-order chi connectivity index (χ0) is 17.9. The number of para-hydroxylation sites is 2. The van der Waals surface area contributed by atoms with E-state index in [1.165, 1.54) is 0 Å². The Morgan fingerprint density at radius 3 is 2.38 bits per heavy atom. The van der Waals surface area contributed by atoms with Gasteiger partial charge in [0, 0.05) is 16.8 Å². The van der Waals surface area contributed by atoms with Crippen LogP contribution in [0.3, 0.4) is 0 Å². The summed E-state index contributed by atoms with van der Waals surface area (Å²) in [6, 6.07) is 24.0. The highest BCUT2D eigenvalue weighted by molar-refractivity contribution is 6.31. The molecule has 0 saturated heterocycles. The summed E-state index contributed by atoms with van der Waals surface area (Å²) in [5.74, 6) is 0.789. The molecule has 4 rings (SSSR count). The molecule has 0 aliphatic carbocycles. The van der Waals surface area contributed by atoms with E-state index >= 15 is 0 Å². The largest absolute Gasteiger partial charge is 0.353 e. The molecule has 4 heteroatoms. The summed E-state index contributed by atoms with van der Waals surface area (Å²) >= 11 is 6.32. The van der Waals surface area contributed by atoms with E-state index in [9.17, 15) is 0 Å². The molecule has 1 N–H and O–H groups in total. The van der Waals surface area contributed by atoms with Crippen LogP contribution >= 0.6 is 11.6 Å². The van der Waals surface area contributed by atoms with Gasteiger partial charge in [0.1, 0.15) is 5.82 Å². The summed E-state index contributed by atoms with van der Waals surface area (Å²) in [5.41, 5.74) is 4.71. The summed E-state index contributed by atoms with van der Waals surface area (Å²) in [7, 11) is 0. The van der Waals surface area contributed by atoms with E-state index in [1.807, 2.05) is 60.7 Å². The number of nitrogens with zero attached hydrogens (tertiary/aromatic N) is 2. The molecule has 0 bridgehead atoms. The number of rotatable bonds is 2. The molecule has 4 aromatic rings. The minimum absolute atomic E-state index is 0.678. The molecular formula is C22H18ClN3. The van der Waals surface area contributed by atoms with Crippen LogP contribution in [0.15, 0.2) is 72.8 Å². The van der Waals surface area contributed by atoms with Crippen LogP contribution in [0, 0.1) is 0 Å². The first kappa shape index (κ1) is 16.6. The van der Waals surface area contributed by atoms with Crippen LogP contribution in [-0.4, -0.2) is 15.0 Å². The molecule has 26 heavy (non-hydrogen) atoms. The third kappa shape index (κ3) is 3.26. The zero-order valence-electron chi connectivity index (χ0n) is 14.4. The maximum absolute atomic E-state index is 6.32. The van der Waals surface area contributed by atoms with Gasteiger partial charge in [-0.2, -0.15) is 0 Å². The van der Waals surface area contributed by atoms with E-state index in [0.29, 0.717) is 5.02 Å². The molecule has 0 aliphatic rings. The average molecular weight is 360 g/mol. The van der Waals surface area contributed by atoms with Crippen molar-refractivity contribution >= 4 is 33.5 Å². The molecule has 1 aromatic heterocycles. The Balaban J connectivity index is 2.26. The van der Waals surface area contributed by atoms with Crippen molar-refractivity contribution in [3.8, 4) is 11.3 Å². The Bertz CT molecular complexity index is 1130. The number of halogens is 1. The highest BCUT2D eigenvalue weighted by Gasteiger charge is 2.06. The van der Waals surface area contributed by atoms with E-state index < -0.39 is 0 Å². The van der Waals surface area contributed by atoms with E-state index in [-0.39, 0.29) is 0 Å². The fraction of sp³-hybridized carbons (Fsp3) is 0.0909. The minimum Gasteiger partial charge on any atom is -0.353 e. The van der Waals surface area contributed by atoms with Gasteiger partial charge < -0.3 is 4.98 Å². The fourth-order valence-corrected chi connectivity index (χ4v) is 3.15. The van der Waals surface area contributed by atoms with Gasteiger partial charge >= 0.3 is 0 Å². The lowest BCUT2D eigenvalue weighted by Gasteiger charge is -2.05. The van der Waals surface area contributed by atoms with E-state index in [1.54, 1.807) is 0 Å². The van der Waals surface area contributed by atoms with E-state index in [2.05, 4.69) is 24.0 Å². The van der Waals surface area contributed by atoms with Crippen molar-refractivity contribution < 1.29 is 0 Å². The number of aromatic nitrogens is 3. The topological polar surface area (TPSA) is 41.6 Å². The summed E-state index contributed by atoms with van der Waals surface area (Å²) in [5, 5.41) is 1.64. The number of fused-ring (bicyclic) bond motifs is 2. The molecule has 3 nitrogen and oxygen atoms in total. The number of hydrogen-bond acceptors (Lipinski definition) is 2. The first-order chi connectivity index (χ1) is 12.7. The minimum atomic E-state index is 0.678. The first-order valence-electron chi connectivity index (χ1n) is 8.62. The van der Waals surface area contributed by atoms with Crippen LogP contribution in [0.2, 0.25) is 5.02 Å². The van der Waals surface area contributed by atoms with Gasteiger partial charge in [-0.05, 0) is 35.9 Å². The maximum atomic E-state index is 6.32. The highest BCUT2D eigenvalue weighted by atomic mass is 35.5. The maximum Gasteiger partial charge on any atom is 0.129 e. The Kier molecular flexibility index (Phi) is 4.55. The lowest BCUT2D eigenvalue weighted by Crippen LogP contribution is -1.89. The summed E-state index contributed by atoms with van der Waals surface area (Å²) < 4.78 is 0. The van der Waals surface area contributed by atoms with Crippen molar-refractivity contribution in [1.82, 2.24) is 15.0 Å². The van der Waals surface area contributed by atoms with E-state index in [4.69, 9.17) is 21.6 Å². The Labute approximate surface area is 157 Å². The molecule has 0 fully saturated rings. The third-order valence-corrected chi connectivity index (χ3v) is 4.50. The lowest BCUT2D eigenvalue weighted by atomic mass is 10.1. The quantitative estimate of drug-likeness (QED) is 0.468. The monoisotopic (exact) mass is 359 g/mol. The predicted molar refractivity (Wildman–Crippen MR) is 109 cm³/mol. The lowest BCUT2D eigenvalue weighted by molar-refractivity contribution is 0.980. The SMILES string of the molecule is CCc1nc2ccccc2[nH]c(-c2ccccc2)c2cc(Cl)ccc2n1. The van der Waals surface area contributed by atoms with E-state index in [0.717, 1.165) is 45.4 Å². The second-order valence-corrected chi connectivity index (χ2v) is 6.47. The Morgan fingerprint density at radius 2 is 1.58 bits per heavy atom. The molecule has 0 saturated carbocycles. The number of benzene rings is 3. The summed E-state index contributed by atoms with van der Waals surface area (Å²) in [4.78, 5) is 13.2. The highest BCUT2D eigenvalue weighted by Crippen LogP contribution is 2.27. The molecule has 0 atom stereocenters. The molecule has 0 unspecified atom stereocenters. The van der Waals surface area contributed by atoms with Crippen molar-refractivity contribution in [2.24, 2.45) is 0 Å². The number of aryl methyl sites for hydroxylation is 1. The van der Waals surface area contributed by atoms with Crippen LogP contribution in [0.5, 0.6) is 0 Å². The van der Waals surface area contributed by atoms with Crippen LogP contribution in [0.25, 0.3) is 33.2 Å². The fourth-order valence-electron chi connectivity index (χ4n) is 2.98. The summed E-state index contributed by atoms with van der Waals surface area (Å²) in [6.07, 6.45) is 0.747. The van der Waals surface area contributed by atoms with Gasteiger partial charge in [0.2, 0.25) is 0 Å². The van der Waals surface area contributed by atoms with Gasteiger partial charge in [0.25, 0.3) is 0 Å². The second kappa shape index (κ2) is 7.14. The van der Waals surface area contributed by atoms with Gasteiger partial charge in [0.05, 0.1) is 22.2 Å². The molecular weight excluding hydrogens is 342 g/mol. The number of H-pyrrole nitrogens is 1. The van der Waals surface area contributed by atoms with Gasteiger partial charge in [-0.3, -0.25) is 0 Å². The first-order valence-corrected chi connectivity index (χ1v) is 9.00. The van der Waals surface area contributed by atoms with Gasteiger partial charge in [-0.1, -0.05) is 61.0 Å². The smallest absolute Gasteiger partial charge is 0.129 e. The van der Waals surface area contributed by atoms with Crippen molar-refractivity contribution in [2.45, 2.75) is 13.3 Å². The Morgan fingerprint density at radius 1 is 0.846 bits per heavy atom. The molecule has 128 valence electrons.